The zero-order chi connectivity index (χ0) is 22.9. The summed E-state index contributed by atoms with van der Waals surface area (Å²) in [5.74, 6) is 1.39. The molecule has 5 aromatic carbocycles. The van der Waals surface area contributed by atoms with Gasteiger partial charge in [-0.05, 0) is 62.2 Å². The maximum absolute atomic E-state index is 5.09. The van der Waals surface area contributed by atoms with E-state index in [1.165, 1.54) is 50.1 Å². The molecular formula is C33H22N2. The number of hydrogen-bond acceptors (Lipinski definition) is 1. The highest BCUT2D eigenvalue weighted by molar-refractivity contribution is 5.84. The van der Waals surface area contributed by atoms with Gasteiger partial charge < -0.3 is 4.98 Å². The highest BCUT2D eigenvalue weighted by atomic mass is 14.9. The Balaban J connectivity index is 1.28. The van der Waals surface area contributed by atoms with Gasteiger partial charge in [0.05, 0.1) is 17.0 Å². The van der Waals surface area contributed by atoms with Crippen LogP contribution in [0, 0.1) is 0 Å². The minimum absolute atomic E-state index is 0.131. The van der Waals surface area contributed by atoms with Crippen molar-refractivity contribution in [2.75, 3.05) is 0 Å². The van der Waals surface area contributed by atoms with Crippen molar-refractivity contribution in [1.82, 2.24) is 9.97 Å². The first-order valence-corrected chi connectivity index (χ1v) is 12.2. The van der Waals surface area contributed by atoms with Crippen molar-refractivity contribution in [2.45, 2.75) is 11.8 Å². The molecule has 164 valence electrons. The van der Waals surface area contributed by atoms with Crippen molar-refractivity contribution in [3.05, 3.63) is 149 Å². The van der Waals surface area contributed by atoms with Crippen molar-refractivity contribution in [2.24, 2.45) is 0 Å². The van der Waals surface area contributed by atoms with Crippen LogP contribution in [0.5, 0.6) is 0 Å². The second kappa shape index (κ2) is 7.04. The van der Waals surface area contributed by atoms with Gasteiger partial charge in [-0.2, -0.15) is 0 Å². The van der Waals surface area contributed by atoms with E-state index in [1.54, 1.807) is 0 Å². The van der Waals surface area contributed by atoms with E-state index in [0.717, 1.165) is 16.9 Å². The smallest absolute Gasteiger partial charge is 0.119 e. The normalized spacial score (nSPS) is 14.1. The summed E-state index contributed by atoms with van der Waals surface area (Å²) in [7, 11) is 0. The lowest BCUT2D eigenvalue weighted by Gasteiger charge is -2.14. The van der Waals surface area contributed by atoms with Crippen LogP contribution in [0.3, 0.4) is 0 Å². The SMILES string of the molecule is c1ccc2c(c1)-c1ccccc1C2c1ccc2nc(C3c4ccccc4-c4ccccc43)[nH]c2c1. The third kappa shape index (κ3) is 2.62. The van der Waals surface area contributed by atoms with Crippen LogP contribution in [0.1, 0.15) is 45.5 Å². The number of H-pyrrole nitrogens is 1. The molecule has 1 aromatic heterocycles. The van der Waals surface area contributed by atoms with Gasteiger partial charge in [0.2, 0.25) is 0 Å². The Morgan fingerprint density at radius 2 is 0.943 bits per heavy atom. The molecule has 2 aliphatic rings. The molecule has 35 heavy (non-hydrogen) atoms. The fraction of sp³-hybridized carbons (Fsp3) is 0.0606. The molecule has 0 bridgehead atoms. The maximum Gasteiger partial charge on any atom is 0.119 e. The Labute approximate surface area is 203 Å². The average Bonchev–Trinajstić information content (AvgIpc) is 3.58. The number of nitrogens with one attached hydrogen (secondary N) is 1. The summed E-state index contributed by atoms with van der Waals surface area (Å²) in [6, 6.07) is 41.8. The van der Waals surface area contributed by atoms with Gasteiger partial charge in [0, 0.05) is 5.92 Å². The van der Waals surface area contributed by atoms with Gasteiger partial charge in [-0.25, -0.2) is 4.98 Å². The highest BCUT2D eigenvalue weighted by Gasteiger charge is 2.32. The van der Waals surface area contributed by atoms with Gasteiger partial charge in [0.1, 0.15) is 5.82 Å². The van der Waals surface area contributed by atoms with Crippen LogP contribution in [-0.2, 0) is 0 Å². The van der Waals surface area contributed by atoms with Gasteiger partial charge in [0.15, 0.2) is 0 Å². The summed E-state index contributed by atoms with van der Waals surface area (Å²) in [6.07, 6.45) is 0. The first-order chi connectivity index (χ1) is 17.4. The van der Waals surface area contributed by atoms with Gasteiger partial charge in [-0.3, -0.25) is 0 Å². The Kier molecular flexibility index (Phi) is 3.81. The monoisotopic (exact) mass is 446 g/mol. The van der Waals surface area contributed by atoms with Gasteiger partial charge >= 0.3 is 0 Å². The Morgan fingerprint density at radius 3 is 1.46 bits per heavy atom. The van der Waals surface area contributed by atoms with E-state index in [0.29, 0.717) is 0 Å². The van der Waals surface area contributed by atoms with Crippen LogP contribution < -0.4 is 0 Å². The first-order valence-electron chi connectivity index (χ1n) is 12.2. The van der Waals surface area contributed by atoms with E-state index < -0.39 is 0 Å². The van der Waals surface area contributed by atoms with Gasteiger partial charge in [0.25, 0.3) is 0 Å². The maximum atomic E-state index is 5.09. The number of imidazole rings is 1. The van der Waals surface area contributed by atoms with Crippen LogP contribution in [-0.4, -0.2) is 9.97 Å². The van der Waals surface area contributed by atoms with E-state index in [9.17, 15) is 0 Å². The van der Waals surface area contributed by atoms with Crippen molar-refractivity contribution in [3.8, 4) is 22.3 Å². The van der Waals surface area contributed by atoms with E-state index >= 15 is 0 Å². The van der Waals surface area contributed by atoms with Crippen LogP contribution in [0.25, 0.3) is 33.3 Å². The van der Waals surface area contributed by atoms with Gasteiger partial charge in [-0.1, -0.05) is 103 Å². The lowest BCUT2D eigenvalue weighted by Crippen LogP contribution is -2.01. The summed E-state index contributed by atoms with van der Waals surface area (Å²) in [5, 5.41) is 0. The number of aromatic nitrogens is 2. The second-order valence-electron chi connectivity index (χ2n) is 9.61. The van der Waals surface area contributed by atoms with Crippen LogP contribution in [0.2, 0.25) is 0 Å². The largest absolute Gasteiger partial charge is 0.341 e. The molecule has 0 unspecified atom stereocenters. The van der Waals surface area contributed by atoms with Crippen molar-refractivity contribution >= 4 is 11.0 Å². The zero-order valence-electron chi connectivity index (χ0n) is 19.1. The lowest BCUT2D eigenvalue weighted by atomic mass is 9.89. The number of benzene rings is 5. The summed E-state index contributed by atoms with van der Waals surface area (Å²) in [4.78, 5) is 8.81. The third-order valence-electron chi connectivity index (χ3n) is 7.80. The predicted molar refractivity (Wildman–Crippen MR) is 142 cm³/mol. The van der Waals surface area contributed by atoms with E-state index in [1.807, 2.05) is 0 Å². The Hall–Kier alpha value is -4.43. The molecule has 0 atom stereocenters. The molecule has 1 heterocycles. The summed E-state index contributed by atoms with van der Waals surface area (Å²) < 4.78 is 0. The van der Waals surface area contributed by atoms with Crippen molar-refractivity contribution in [3.63, 3.8) is 0 Å². The van der Waals surface area contributed by atoms with E-state index in [-0.39, 0.29) is 11.8 Å². The van der Waals surface area contributed by atoms with Gasteiger partial charge in [-0.15, -0.1) is 0 Å². The fourth-order valence-corrected chi connectivity index (χ4v) is 6.33. The summed E-state index contributed by atoms with van der Waals surface area (Å²) in [5.41, 5.74) is 14.2. The van der Waals surface area contributed by atoms with Crippen LogP contribution in [0.15, 0.2) is 115 Å². The van der Waals surface area contributed by atoms with Crippen LogP contribution in [0.4, 0.5) is 0 Å². The minimum Gasteiger partial charge on any atom is -0.341 e. The topological polar surface area (TPSA) is 28.7 Å². The van der Waals surface area contributed by atoms with E-state index in [4.69, 9.17) is 4.98 Å². The fourth-order valence-electron chi connectivity index (χ4n) is 6.33. The number of hydrogen-bond donors (Lipinski definition) is 1. The Morgan fingerprint density at radius 1 is 0.486 bits per heavy atom. The zero-order valence-corrected chi connectivity index (χ0v) is 19.1. The molecule has 2 aliphatic carbocycles. The first kappa shape index (κ1) is 18.9. The number of rotatable bonds is 2. The molecule has 1 N–H and O–H groups in total. The average molecular weight is 447 g/mol. The molecule has 0 fully saturated rings. The molecule has 0 radical (unpaired) electrons. The summed E-state index contributed by atoms with van der Waals surface area (Å²) in [6.45, 7) is 0. The summed E-state index contributed by atoms with van der Waals surface area (Å²) >= 11 is 0. The molecule has 0 saturated carbocycles. The lowest BCUT2D eigenvalue weighted by molar-refractivity contribution is 0.915. The second-order valence-corrected chi connectivity index (χ2v) is 9.61. The molecule has 2 heteroatoms. The molecule has 8 rings (SSSR count). The predicted octanol–water partition coefficient (Wildman–Crippen LogP) is 7.88. The number of nitrogens with zero attached hydrogens (tertiary/aromatic N) is 1. The Bertz CT molecular complexity index is 1590. The number of fused-ring (bicyclic) bond motifs is 7. The van der Waals surface area contributed by atoms with Crippen LogP contribution >= 0.6 is 0 Å². The van der Waals surface area contributed by atoms with E-state index in [2.05, 4.69) is 120 Å². The molecule has 2 nitrogen and oxygen atoms in total. The standard InChI is InChI=1S/C33H22N2/c1-5-13-25-21(9-1)22-10-2-6-14-26(22)31(25)20-17-18-29-30(19-20)35-33(34-29)32-27-15-7-3-11-23(27)24-12-4-8-16-28(24)32/h1-19,31-32H,(H,34,35). The van der Waals surface area contributed by atoms with Crippen molar-refractivity contribution < 1.29 is 0 Å². The molecular weight excluding hydrogens is 424 g/mol. The molecule has 6 aromatic rings. The van der Waals surface area contributed by atoms with Crippen molar-refractivity contribution in [1.29, 1.82) is 0 Å². The third-order valence-corrected chi connectivity index (χ3v) is 7.80. The molecule has 0 aliphatic heterocycles. The number of aromatic amines is 1. The highest BCUT2D eigenvalue weighted by Crippen LogP contribution is 2.49. The molecule has 0 saturated heterocycles. The molecule has 0 amide bonds. The molecule has 0 spiro atoms. The quantitative estimate of drug-likeness (QED) is 0.287. The minimum atomic E-state index is 0.131.